The quantitative estimate of drug-likeness (QED) is 0.801. The monoisotopic (exact) mass is 325 g/mol. The molecule has 0 spiro atoms. The van der Waals surface area contributed by atoms with E-state index >= 15 is 0 Å². The summed E-state index contributed by atoms with van der Waals surface area (Å²) < 4.78 is 0. The number of aryl methyl sites for hydroxylation is 1. The summed E-state index contributed by atoms with van der Waals surface area (Å²) in [5.41, 5.74) is 1.28. The Morgan fingerprint density at radius 2 is 1.92 bits per heavy atom. The summed E-state index contributed by atoms with van der Waals surface area (Å²) in [5, 5.41) is 5.64. The average molecular weight is 325 g/mol. The van der Waals surface area contributed by atoms with Gasteiger partial charge < -0.3 is 10.2 Å². The standard InChI is InChI=1S/C18H23N5O/c24-18(19-10-6-9-15-7-2-1-3-8-15)22-16-13-17(21-14-20-16)23-11-4-5-12-23/h1-3,7-8,13-14H,4-6,9-12H2,(H2,19,20,21,22,24). The lowest BCUT2D eigenvalue weighted by Crippen LogP contribution is -2.30. The van der Waals surface area contributed by atoms with Crippen molar-refractivity contribution < 1.29 is 4.79 Å². The number of urea groups is 1. The average Bonchev–Trinajstić information content (AvgIpc) is 3.15. The third-order valence-corrected chi connectivity index (χ3v) is 4.09. The zero-order valence-electron chi connectivity index (χ0n) is 13.7. The smallest absolute Gasteiger partial charge is 0.320 e. The van der Waals surface area contributed by atoms with E-state index in [4.69, 9.17) is 0 Å². The Labute approximate surface area is 142 Å². The summed E-state index contributed by atoms with van der Waals surface area (Å²) in [5.74, 6) is 1.41. The van der Waals surface area contributed by atoms with E-state index in [1.807, 2.05) is 24.3 Å². The fourth-order valence-electron chi connectivity index (χ4n) is 2.83. The first-order valence-corrected chi connectivity index (χ1v) is 8.47. The molecule has 1 aliphatic heterocycles. The van der Waals surface area contributed by atoms with Crippen LogP contribution in [-0.2, 0) is 6.42 Å². The van der Waals surface area contributed by atoms with Crippen molar-refractivity contribution in [3.63, 3.8) is 0 Å². The van der Waals surface area contributed by atoms with Crippen LogP contribution in [-0.4, -0.2) is 35.6 Å². The predicted octanol–water partition coefficient (Wildman–Crippen LogP) is 2.83. The minimum atomic E-state index is -0.228. The van der Waals surface area contributed by atoms with Crippen LogP contribution in [0.3, 0.4) is 0 Å². The first-order chi connectivity index (χ1) is 11.8. The molecule has 0 saturated carbocycles. The van der Waals surface area contributed by atoms with E-state index in [1.165, 1.54) is 24.7 Å². The number of aromatic nitrogens is 2. The van der Waals surface area contributed by atoms with Gasteiger partial charge in [-0.05, 0) is 31.2 Å². The van der Waals surface area contributed by atoms with Gasteiger partial charge in [0.2, 0.25) is 0 Å². The number of rotatable bonds is 6. The number of nitrogens with one attached hydrogen (secondary N) is 2. The second-order valence-electron chi connectivity index (χ2n) is 5.93. The number of benzene rings is 1. The maximum atomic E-state index is 12.0. The summed E-state index contributed by atoms with van der Waals surface area (Å²) >= 11 is 0. The Morgan fingerprint density at radius 1 is 1.12 bits per heavy atom. The number of hydrogen-bond donors (Lipinski definition) is 2. The predicted molar refractivity (Wildman–Crippen MR) is 95.3 cm³/mol. The Bertz CT molecular complexity index is 655. The molecule has 126 valence electrons. The molecule has 0 atom stereocenters. The Balaban J connectivity index is 1.42. The highest BCUT2D eigenvalue weighted by atomic mass is 16.2. The van der Waals surface area contributed by atoms with E-state index < -0.39 is 0 Å². The van der Waals surface area contributed by atoms with Gasteiger partial charge >= 0.3 is 6.03 Å². The molecular formula is C18H23N5O. The molecule has 1 aromatic carbocycles. The summed E-state index contributed by atoms with van der Waals surface area (Å²) in [6.45, 7) is 2.66. The SMILES string of the molecule is O=C(NCCCc1ccccc1)Nc1cc(N2CCCC2)ncn1. The van der Waals surface area contributed by atoms with Gasteiger partial charge in [-0.3, -0.25) is 5.32 Å². The Hall–Kier alpha value is -2.63. The lowest BCUT2D eigenvalue weighted by Gasteiger charge is -2.16. The lowest BCUT2D eigenvalue weighted by atomic mass is 10.1. The number of amides is 2. The minimum absolute atomic E-state index is 0.228. The topological polar surface area (TPSA) is 70.2 Å². The molecule has 1 fully saturated rings. The maximum absolute atomic E-state index is 12.0. The molecule has 2 heterocycles. The normalized spacial score (nSPS) is 13.8. The third-order valence-electron chi connectivity index (χ3n) is 4.09. The minimum Gasteiger partial charge on any atom is -0.356 e. The summed E-state index contributed by atoms with van der Waals surface area (Å²) in [4.78, 5) is 22.6. The van der Waals surface area contributed by atoms with Crippen molar-refractivity contribution in [2.45, 2.75) is 25.7 Å². The van der Waals surface area contributed by atoms with Crippen LogP contribution in [0.1, 0.15) is 24.8 Å². The second kappa shape index (κ2) is 8.29. The molecule has 2 N–H and O–H groups in total. The highest BCUT2D eigenvalue weighted by molar-refractivity contribution is 5.88. The molecule has 1 aliphatic rings. The van der Waals surface area contributed by atoms with Crippen LogP contribution >= 0.6 is 0 Å². The van der Waals surface area contributed by atoms with Gasteiger partial charge in [-0.1, -0.05) is 30.3 Å². The van der Waals surface area contributed by atoms with Crippen LogP contribution in [0, 0.1) is 0 Å². The van der Waals surface area contributed by atoms with E-state index in [1.54, 1.807) is 0 Å². The van der Waals surface area contributed by atoms with Gasteiger partial charge in [0, 0.05) is 25.7 Å². The van der Waals surface area contributed by atoms with Crippen LogP contribution in [0.4, 0.5) is 16.4 Å². The molecule has 0 unspecified atom stereocenters. The number of carbonyl (C=O) groups excluding carboxylic acids is 1. The summed E-state index contributed by atoms with van der Waals surface area (Å²) in [6, 6.07) is 11.9. The van der Waals surface area contributed by atoms with Crippen molar-refractivity contribution in [2.75, 3.05) is 29.9 Å². The number of anilines is 2. The molecule has 3 rings (SSSR count). The Kier molecular flexibility index (Phi) is 5.61. The van der Waals surface area contributed by atoms with Crippen LogP contribution < -0.4 is 15.5 Å². The molecule has 2 amide bonds. The maximum Gasteiger partial charge on any atom is 0.320 e. The largest absolute Gasteiger partial charge is 0.356 e. The van der Waals surface area contributed by atoms with E-state index in [0.717, 1.165) is 31.7 Å². The number of nitrogens with zero attached hydrogens (tertiary/aromatic N) is 3. The van der Waals surface area contributed by atoms with E-state index in [0.29, 0.717) is 12.4 Å². The molecule has 0 radical (unpaired) electrons. The van der Waals surface area contributed by atoms with Crippen molar-refractivity contribution in [1.82, 2.24) is 15.3 Å². The first-order valence-electron chi connectivity index (χ1n) is 8.47. The van der Waals surface area contributed by atoms with E-state index in [9.17, 15) is 4.79 Å². The van der Waals surface area contributed by atoms with Crippen LogP contribution in [0.2, 0.25) is 0 Å². The van der Waals surface area contributed by atoms with Gasteiger partial charge in [0.05, 0.1) is 0 Å². The summed E-state index contributed by atoms with van der Waals surface area (Å²) in [7, 11) is 0. The fourth-order valence-corrected chi connectivity index (χ4v) is 2.83. The zero-order valence-corrected chi connectivity index (χ0v) is 13.7. The number of carbonyl (C=O) groups is 1. The molecule has 2 aromatic rings. The van der Waals surface area contributed by atoms with Crippen molar-refractivity contribution in [3.8, 4) is 0 Å². The third kappa shape index (κ3) is 4.68. The molecule has 0 bridgehead atoms. The molecule has 6 nitrogen and oxygen atoms in total. The zero-order chi connectivity index (χ0) is 16.6. The molecule has 6 heteroatoms. The highest BCUT2D eigenvalue weighted by Crippen LogP contribution is 2.19. The molecule has 0 aliphatic carbocycles. The Morgan fingerprint density at radius 3 is 2.71 bits per heavy atom. The lowest BCUT2D eigenvalue weighted by molar-refractivity contribution is 0.252. The van der Waals surface area contributed by atoms with Gasteiger partial charge in [-0.25, -0.2) is 14.8 Å². The van der Waals surface area contributed by atoms with Crippen molar-refractivity contribution in [1.29, 1.82) is 0 Å². The number of hydrogen-bond acceptors (Lipinski definition) is 4. The summed E-state index contributed by atoms with van der Waals surface area (Å²) in [6.07, 6.45) is 5.73. The fraction of sp³-hybridized carbons (Fsp3) is 0.389. The van der Waals surface area contributed by atoms with Crippen LogP contribution in [0.15, 0.2) is 42.7 Å². The molecular weight excluding hydrogens is 302 g/mol. The van der Waals surface area contributed by atoms with E-state index in [2.05, 4.69) is 37.6 Å². The first kappa shape index (κ1) is 16.2. The highest BCUT2D eigenvalue weighted by Gasteiger charge is 2.14. The second-order valence-corrected chi connectivity index (χ2v) is 5.93. The van der Waals surface area contributed by atoms with Gasteiger partial charge in [0.1, 0.15) is 18.0 Å². The van der Waals surface area contributed by atoms with Crippen LogP contribution in [0.25, 0.3) is 0 Å². The van der Waals surface area contributed by atoms with Crippen LogP contribution in [0.5, 0.6) is 0 Å². The molecule has 1 saturated heterocycles. The van der Waals surface area contributed by atoms with Gasteiger partial charge in [-0.2, -0.15) is 0 Å². The molecule has 24 heavy (non-hydrogen) atoms. The van der Waals surface area contributed by atoms with Gasteiger partial charge in [-0.15, -0.1) is 0 Å². The van der Waals surface area contributed by atoms with Crippen molar-refractivity contribution >= 4 is 17.7 Å². The van der Waals surface area contributed by atoms with E-state index in [-0.39, 0.29) is 6.03 Å². The van der Waals surface area contributed by atoms with Gasteiger partial charge in [0.25, 0.3) is 0 Å². The van der Waals surface area contributed by atoms with Crippen molar-refractivity contribution in [3.05, 3.63) is 48.3 Å². The van der Waals surface area contributed by atoms with Gasteiger partial charge in [0.15, 0.2) is 0 Å². The molecule has 1 aromatic heterocycles. The van der Waals surface area contributed by atoms with Crippen molar-refractivity contribution in [2.24, 2.45) is 0 Å².